The number of nitrogens with zero attached hydrogens (tertiary/aromatic N) is 2. The molecule has 1 aromatic heterocycles. The first-order chi connectivity index (χ1) is 13.1. The molecule has 0 aliphatic rings. The maximum atomic E-state index is 12.2. The lowest BCUT2D eigenvalue weighted by Gasteiger charge is -2.21. The highest BCUT2D eigenvalue weighted by molar-refractivity contribution is 5.79. The van der Waals surface area contributed by atoms with Crippen LogP contribution in [-0.4, -0.2) is 41.4 Å². The molecule has 27 heavy (non-hydrogen) atoms. The first-order valence-corrected chi connectivity index (χ1v) is 10.2. The summed E-state index contributed by atoms with van der Waals surface area (Å²) in [5, 5.41) is 2.90. The Hall–Kier alpha value is -2.11. The predicted molar refractivity (Wildman–Crippen MR) is 107 cm³/mol. The standard InChI is InChI=1S/C21H35N3O3/c1-4-7-16-27-21-18(10-9-13-22-21)17-23-19(25)11-8-12-20(26)24(14-5-2)15-6-3/h9-10,13H,4-8,11-12,14-17H2,1-3H3,(H,23,25). The molecule has 0 aliphatic heterocycles. The van der Waals surface area contributed by atoms with Crippen molar-refractivity contribution in [3.8, 4) is 5.88 Å². The Kier molecular flexibility index (Phi) is 11.9. The van der Waals surface area contributed by atoms with Crippen molar-refractivity contribution in [2.24, 2.45) is 0 Å². The van der Waals surface area contributed by atoms with Gasteiger partial charge >= 0.3 is 0 Å². The van der Waals surface area contributed by atoms with Crippen LogP contribution in [0.1, 0.15) is 71.3 Å². The van der Waals surface area contributed by atoms with E-state index < -0.39 is 0 Å². The minimum Gasteiger partial charge on any atom is -0.477 e. The highest BCUT2D eigenvalue weighted by Crippen LogP contribution is 2.14. The SMILES string of the molecule is CCCCOc1ncccc1CNC(=O)CCCC(=O)N(CCC)CCC. The number of unbranched alkanes of at least 4 members (excludes halogenated alkanes) is 1. The fourth-order valence-electron chi connectivity index (χ4n) is 2.74. The molecule has 1 N–H and O–H groups in total. The van der Waals surface area contributed by atoms with E-state index in [-0.39, 0.29) is 11.8 Å². The normalized spacial score (nSPS) is 10.5. The van der Waals surface area contributed by atoms with E-state index in [4.69, 9.17) is 4.74 Å². The Morgan fingerprint density at radius 2 is 1.81 bits per heavy atom. The zero-order valence-corrected chi connectivity index (χ0v) is 17.1. The van der Waals surface area contributed by atoms with Gasteiger partial charge in [0.25, 0.3) is 0 Å². The average molecular weight is 378 g/mol. The van der Waals surface area contributed by atoms with Crippen molar-refractivity contribution in [2.75, 3.05) is 19.7 Å². The number of hydrogen-bond donors (Lipinski definition) is 1. The number of ether oxygens (including phenoxy) is 1. The van der Waals surface area contributed by atoms with Gasteiger partial charge in [0.15, 0.2) is 0 Å². The van der Waals surface area contributed by atoms with Gasteiger partial charge in [-0.1, -0.05) is 33.3 Å². The molecule has 0 aromatic carbocycles. The third kappa shape index (κ3) is 9.40. The van der Waals surface area contributed by atoms with Gasteiger partial charge < -0.3 is 15.0 Å². The van der Waals surface area contributed by atoms with Crippen LogP contribution < -0.4 is 10.1 Å². The number of carbonyl (C=O) groups excluding carboxylic acids is 2. The van der Waals surface area contributed by atoms with Crippen molar-refractivity contribution in [1.82, 2.24) is 15.2 Å². The van der Waals surface area contributed by atoms with Gasteiger partial charge in [-0.25, -0.2) is 4.98 Å². The number of rotatable bonds is 14. The van der Waals surface area contributed by atoms with E-state index in [1.807, 2.05) is 17.0 Å². The Bertz CT molecular complexity index is 557. The molecule has 1 rings (SSSR count). The topological polar surface area (TPSA) is 71.5 Å². The Morgan fingerprint density at radius 1 is 1.07 bits per heavy atom. The van der Waals surface area contributed by atoms with Crippen LogP contribution in [0.4, 0.5) is 0 Å². The zero-order chi connectivity index (χ0) is 19.9. The van der Waals surface area contributed by atoms with Crippen LogP contribution in [0.25, 0.3) is 0 Å². The molecule has 0 atom stereocenters. The summed E-state index contributed by atoms with van der Waals surface area (Å²) in [7, 11) is 0. The molecule has 0 spiro atoms. The monoisotopic (exact) mass is 377 g/mol. The Morgan fingerprint density at radius 3 is 2.48 bits per heavy atom. The summed E-state index contributed by atoms with van der Waals surface area (Å²) in [5.74, 6) is 0.672. The van der Waals surface area contributed by atoms with Crippen molar-refractivity contribution in [3.63, 3.8) is 0 Å². The maximum absolute atomic E-state index is 12.2. The van der Waals surface area contributed by atoms with Crippen LogP contribution in [0.15, 0.2) is 18.3 Å². The summed E-state index contributed by atoms with van der Waals surface area (Å²) < 4.78 is 5.68. The second kappa shape index (κ2) is 14.0. The lowest BCUT2D eigenvalue weighted by molar-refractivity contribution is -0.131. The molecule has 0 bridgehead atoms. The van der Waals surface area contributed by atoms with Crippen LogP contribution in [-0.2, 0) is 16.1 Å². The number of pyridine rings is 1. The Balaban J connectivity index is 2.36. The van der Waals surface area contributed by atoms with E-state index in [9.17, 15) is 9.59 Å². The van der Waals surface area contributed by atoms with E-state index in [0.29, 0.717) is 38.3 Å². The first kappa shape index (κ1) is 22.9. The summed E-state index contributed by atoms with van der Waals surface area (Å²) >= 11 is 0. The summed E-state index contributed by atoms with van der Waals surface area (Å²) in [6.45, 7) is 8.85. The number of carbonyl (C=O) groups is 2. The number of nitrogens with one attached hydrogen (secondary N) is 1. The third-order valence-electron chi connectivity index (χ3n) is 4.20. The molecule has 1 heterocycles. The molecule has 0 fully saturated rings. The molecule has 0 unspecified atom stereocenters. The summed E-state index contributed by atoms with van der Waals surface area (Å²) in [4.78, 5) is 30.5. The maximum Gasteiger partial charge on any atom is 0.222 e. The van der Waals surface area contributed by atoms with Gasteiger partial charge in [-0.2, -0.15) is 0 Å². The van der Waals surface area contributed by atoms with E-state index >= 15 is 0 Å². The molecule has 6 nitrogen and oxygen atoms in total. The van der Waals surface area contributed by atoms with Crippen molar-refractivity contribution in [1.29, 1.82) is 0 Å². The number of aromatic nitrogens is 1. The molecule has 0 saturated heterocycles. The molecule has 0 aliphatic carbocycles. The molecule has 2 amide bonds. The van der Waals surface area contributed by atoms with Gasteiger partial charge in [-0.05, 0) is 31.7 Å². The van der Waals surface area contributed by atoms with E-state index in [2.05, 4.69) is 31.1 Å². The van der Waals surface area contributed by atoms with Crippen molar-refractivity contribution in [3.05, 3.63) is 23.9 Å². The van der Waals surface area contributed by atoms with Crippen LogP contribution in [0.5, 0.6) is 5.88 Å². The van der Waals surface area contributed by atoms with Crippen molar-refractivity contribution < 1.29 is 14.3 Å². The molecule has 6 heteroatoms. The molecule has 0 radical (unpaired) electrons. The van der Waals surface area contributed by atoms with Gasteiger partial charge in [0.2, 0.25) is 17.7 Å². The predicted octanol–water partition coefficient (Wildman–Crippen LogP) is 3.70. The number of hydrogen-bond acceptors (Lipinski definition) is 4. The lowest BCUT2D eigenvalue weighted by Crippen LogP contribution is -2.32. The van der Waals surface area contributed by atoms with Crippen LogP contribution in [0.3, 0.4) is 0 Å². The second-order valence-electron chi connectivity index (χ2n) is 6.68. The van der Waals surface area contributed by atoms with Gasteiger partial charge in [-0.3, -0.25) is 9.59 Å². The van der Waals surface area contributed by atoms with Crippen molar-refractivity contribution >= 4 is 11.8 Å². The Labute approximate surface area is 163 Å². The van der Waals surface area contributed by atoms with Gasteiger partial charge in [0.1, 0.15) is 0 Å². The largest absolute Gasteiger partial charge is 0.477 e. The van der Waals surface area contributed by atoms with Crippen LogP contribution in [0.2, 0.25) is 0 Å². The molecular formula is C21H35N3O3. The van der Waals surface area contributed by atoms with Crippen molar-refractivity contribution in [2.45, 2.75) is 72.3 Å². The third-order valence-corrected chi connectivity index (χ3v) is 4.20. The van der Waals surface area contributed by atoms with Gasteiger partial charge in [0.05, 0.1) is 6.61 Å². The molecule has 152 valence electrons. The average Bonchev–Trinajstić information content (AvgIpc) is 2.67. The highest BCUT2D eigenvalue weighted by Gasteiger charge is 2.12. The highest BCUT2D eigenvalue weighted by atomic mass is 16.5. The summed E-state index contributed by atoms with van der Waals surface area (Å²) in [6, 6.07) is 3.74. The van der Waals surface area contributed by atoms with Gasteiger partial charge in [0, 0.05) is 44.2 Å². The second-order valence-corrected chi connectivity index (χ2v) is 6.68. The smallest absolute Gasteiger partial charge is 0.222 e. The lowest BCUT2D eigenvalue weighted by atomic mass is 10.2. The molecule has 1 aromatic rings. The summed E-state index contributed by atoms with van der Waals surface area (Å²) in [6.07, 6.45) is 6.99. The zero-order valence-electron chi connectivity index (χ0n) is 17.1. The quantitative estimate of drug-likeness (QED) is 0.502. The number of amides is 2. The summed E-state index contributed by atoms with van der Waals surface area (Å²) in [5.41, 5.74) is 0.870. The molecule has 0 saturated carbocycles. The van der Waals surface area contributed by atoms with Crippen LogP contribution >= 0.6 is 0 Å². The van der Waals surface area contributed by atoms with E-state index in [1.54, 1.807) is 6.20 Å². The van der Waals surface area contributed by atoms with Crippen LogP contribution in [0, 0.1) is 0 Å². The fourth-order valence-corrected chi connectivity index (χ4v) is 2.74. The first-order valence-electron chi connectivity index (χ1n) is 10.2. The minimum absolute atomic E-state index is 0.0521. The van der Waals surface area contributed by atoms with E-state index in [0.717, 1.165) is 44.3 Å². The molecular weight excluding hydrogens is 342 g/mol. The fraction of sp³-hybridized carbons (Fsp3) is 0.667. The minimum atomic E-state index is -0.0521. The van der Waals surface area contributed by atoms with E-state index in [1.165, 1.54) is 0 Å². The van der Waals surface area contributed by atoms with Gasteiger partial charge in [-0.15, -0.1) is 0 Å².